The van der Waals surface area contributed by atoms with Crippen molar-refractivity contribution in [3.63, 3.8) is 0 Å². The quantitative estimate of drug-likeness (QED) is 0.643. The lowest BCUT2D eigenvalue weighted by Gasteiger charge is -2.32. The largest absolute Gasteiger partial charge is 0.356 e. The molecule has 0 spiro atoms. The number of nitrogens with one attached hydrogen (secondary N) is 1. The number of aryl methyl sites for hydroxylation is 1. The predicted octanol–water partition coefficient (Wildman–Crippen LogP) is 3.70. The van der Waals surface area contributed by atoms with Gasteiger partial charge in [-0.05, 0) is 50.3 Å². The molecule has 0 bridgehead atoms. The molecule has 2 aliphatic heterocycles. The molecule has 0 aliphatic carbocycles. The zero-order chi connectivity index (χ0) is 22.6. The Balaban J connectivity index is 1.24. The van der Waals surface area contributed by atoms with Crippen LogP contribution in [0.2, 0.25) is 0 Å². The number of rotatable bonds is 5. The van der Waals surface area contributed by atoms with Gasteiger partial charge in [0.15, 0.2) is 5.82 Å². The first-order chi connectivity index (χ1) is 16.2. The van der Waals surface area contributed by atoms with Crippen molar-refractivity contribution >= 4 is 23.4 Å². The van der Waals surface area contributed by atoms with Crippen molar-refractivity contribution < 1.29 is 4.79 Å². The SMILES string of the molecule is Cc1ccccc1-c1ccc(N2CCC[C@@H](C(=O)Nc3cc(N4CCCC4)ncn3)C2)nn1. The second-order valence-electron chi connectivity index (χ2n) is 8.82. The van der Waals surface area contributed by atoms with Crippen LogP contribution in [0.5, 0.6) is 0 Å². The monoisotopic (exact) mass is 443 g/mol. The van der Waals surface area contributed by atoms with Crippen LogP contribution in [-0.2, 0) is 4.79 Å². The van der Waals surface area contributed by atoms with E-state index < -0.39 is 0 Å². The highest BCUT2D eigenvalue weighted by Gasteiger charge is 2.27. The van der Waals surface area contributed by atoms with Crippen LogP contribution < -0.4 is 15.1 Å². The minimum absolute atomic E-state index is 0.00439. The first kappa shape index (κ1) is 21.3. The van der Waals surface area contributed by atoms with Crippen molar-refractivity contribution in [3.05, 3.63) is 54.4 Å². The second-order valence-corrected chi connectivity index (χ2v) is 8.82. The summed E-state index contributed by atoms with van der Waals surface area (Å²) in [6.45, 7) is 5.57. The summed E-state index contributed by atoms with van der Waals surface area (Å²) in [5, 5.41) is 11.9. The van der Waals surface area contributed by atoms with Gasteiger partial charge in [-0.2, -0.15) is 0 Å². The summed E-state index contributed by atoms with van der Waals surface area (Å²) < 4.78 is 0. The van der Waals surface area contributed by atoms with E-state index in [1.807, 2.05) is 30.3 Å². The zero-order valence-electron chi connectivity index (χ0n) is 18.9. The van der Waals surface area contributed by atoms with Crippen LogP contribution >= 0.6 is 0 Å². The predicted molar refractivity (Wildman–Crippen MR) is 129 cm³/mol. The normalized spacial score (nSPS) is 18.4. The Labute approximate surface area is 194 Å². The highest BCUT2D eigenvalue weighted by atomic mass is 16.2. The van der Waals surface area contributed by atoms with Crippen molar-refractivity contribution in [2.45, 2.75) is 32.6 Å². The van der Waals surface area contributed by atoms with E-state index in [1.165, 1.54) is 24.7 Å². The van der Waals surface area contributed by atoms with Crippen molar-refractivity contribution in [3.8, 4) is 11.3 Å². The number of hydrogen-bond donors (Lipinski definition) is 1. The summed E-state index contributed by atoms with van der Waals surface area (Å²) in [4.78, 5) is 26.0. The maximum absolute atomic E-state index is 13.0. The van der Waals surface area contributed by atoms with Crippen LogP contribution in [0.3, 0.4) is 0 Å². The van der Waals surface area contributed by atoms with Gasteiger partial charge in [-0.1, -0.05) is 24.3 Å². The molecule has 5 rings (SSSR count). The standard InChI is InChI=1S/C25H29N7O/c1-18-7-2-3-9-20(18)21-10-11-23(30-29-21)32-14-6-8-19(16-32)25(33)28-22-15-24(27-17-26-22)31-12-4-5-13-31/h2-3,7,9-11,15,17,19H,4-6,8,12-14,16H2,1H3,(H,26,27,28,33)/t19-/m1/s1. The lowest BCUT2D eigenvalue weighted by atomic mass is 9.97. The Kier molecular flexibility index (Phi) is 6.15. The van der Waals surface area contributed by atoms with E-state index in [-0.39, 0.29) is 11.8 Å². The van der Waals surface area contributed by atoms with E-state index in [2.05, 4.69) is 54.3 Å². The maximum Gasteiger partial charge on any atom is 0.230 e. The molecule has 0 radical (unpaired) electrons. The number of aromatic nitrogens is 4. The van der Waals surface area contributed by atoms with Gasteiger partial charge in [0.25, 0.3) is 0 Å². The van der Waals surface area contributed by atoms with E-state index in [1.54, 1.807) is 0 Å². The minimum Gasteiger partial charge on any atom is -0.356 e. The Morgan fingerprint density at radius 2 is 1.76 bits per heavy atom. The number of hydrogen-bond acceptors (Lipinski definition) is 7. The Hall–Kier alpha value is -3.55. The average Bonchev–Trinajstić information content (AvgIpc) is 3.40. The number of anilines is 3. The number of carbonyl (C=O) groups excluding carboxylic acids is 1. The van der Waals surface area contributed by atoms with E-state index in [9.17, 15) is 4.79 Å². The van der Waals surface area contributed by atoms with Gasteiger partial charge in [-0.25, -0.2) is 9.97 Å². The number of carbonyl (C=O) groups is 1. The third kappa shape index (κ3) is 4.79. The molecule has 2 aromatic heterocycles. The summed E-state index contributed by atoms with van der Waals surface area (Å²) in [5.74, 6) is 2.13. The Morgan fingerprint density at radius 1 is 0.939 bits per heavy atom. The summed E-state index contributed by atoms with van der Waals surface area (Å²) in [6, 6.07) is 14.1. The van der Waals surface area contributed by atoms with Crippen molar-refractivity contribution in [2.24, 2.45) is 5.92 Å². The number of piperidine rings is 1. The zero-order valence-corrected chi connectivity index (χ0v) is 18.9. The van der Waals surface area contributed by atoms with Gasteiger partial charge >= 0.3 is 0 Å². The molecule has 33 heavy (non-hydrogen) atoms. The summed E-state index contributed by atoms with van der Waals surface area (Å²) in [6.07, 6.45) is 5.67. The third-order valence-corrected chi connectivity index (χ3v) is 6.52. The van der Waals surface area contributed by atoms with Gasteiger partial charge in [-0.15, -0.1) is 10.2 Å². The molecule has 170 valence electrons. The van der Waals surface area contributed by atoms with Crippen LogP contribution in [0.1, 0.15) is 31.2 Å². The molecule has 1 aromatic carbocycles. The minimum atomic E-state index is -0.123. The lowest BCUT2D eigenvalue weighted by molar-refractivity contribution is -0.120. The van der Waals surface area contributed by atoms with E-state index in [4.69, 9.17) is 0 Å². The molecule has 4 heterocycles. The van der Waals surface area contributed by atoms with E-state index in [0.717, 1.165) is 55.4 Å². The van der Waals surface area contributed by atoms with Gasteiger partial charge in [0, 0.05) is 37.8 Å². The summed E-state index contributed by atoms with van der Waals surface area (Å²) in [5.41, 5.74) is 3.12. The lowest BCUT2D eigenvalue weighted by Crippen LogP contribution is -2.41. The van der Waals surface area contributed by atoms with Gasteiger partial charge in [0.05, 0.1) is 11.6 Å². The second kappa shape index (κ2) is 9.52. The van der Waals surface area contributed by atoms with Gasteiger partial charge in [0.1, 0.15) is 18.0 Å². The van der Waals surface area contributed by atoms with Crippen LogP contribution in [0.4, 0.5) is 17.5 Å². The molecule has 3 aromatic rings. The molecule has 0 unspecified atom stereocenters. The smallest absolute Gasteiger partial charge is 0.230 e. The Bertz CT molecular complexity index is 1110. The van der Waals surface area contributed by atoms with Crippen molar-refractivity contribution in [1.29, 1.82) is 0 Å². The molecule has 2 saturated heterocycles. The molecule has 1 N–H and O–H groups in total. The van der Waals surface area contributed by atoms with Crippen LogP contribution in [0.15, 0.2) is 48.8 Å². The van der Waals surface area contributed by atoms with E-state index in [0.29, 0.717) is 12.4 Å². The number of amides is 1. The molecule has 1 amide bonds. The highest BCUT2D eigenvalue weighted by molar-refractivity contribution is 5.92. The van der Waals surface area contributed by atoms with Gasteiger partial charge in [-0.3, -0.25) is 4.79 Å². The molecule has 2 aliphatic rings. The molecule has 2 fully saturated rings. The molecule has 8 nitrogen and oxygen atoms in total. The molecule has 1 atom stereocenters. The van der Waals surface area contributed by atoms with Crippen LogP contribution in [0.25, 0.3) is 11.3 Å². The summed E-state index contributed by atoms with van der Waals surface area (Å²) in [7, 11) is 0. The molecule has 8 heteroatoms. The Morgan fingerprint density at radius 3 is 2.55 bits per heavy atom. The van der Waals surface area contributed by atoms with Crippen LogP contribution in [-0.4, -0.2) is 52.3 Å². The fourth-order valence-electron chi connectivity index (χ4n) is 4.66. The summed E-state index contributed by atoms with van der Waals surface area (Å²) >= 11 is 0. The first-order valence-electron chi connectivity index (χ1n) is 11.7. The fraction of sp³-hybridized carbons (Fsp3) is 0.400. The third-order valence-electron chi connectivity index (χ3n) is 6.52. The molecular formula is C25H29N7O. The van der Waals surface area contributed by atoms with E-state index >= 15 is 0 Å². The van der Waals surface area contributed by atoms with Crippen molar-refractivity contribution in [1.82, 2.24) is 20.2 Å². The number of benzene rings is 1. The molecule has 0 saturated carbocycles. The first-order valence-corrected chi connectivity index (χ1v) is 11.7. The number of nitrogens with zero attached hydrogens (tertiary/aromatic N) is 6. The highest BCUT2D eigenvalue weighted by Crippen LogP contribution is 2.26. The average molecular weight is 444 g/mol. The van der Waals surface area contributed by atoms with Gasteiger partial charge in [0.2, 0.25) is 5.91 Å². The van der Waals surface area contributed by atoms with Crippen molar-refractivity contribution in [2.75, 3.05) is 41.3 Å². The van der Waals surface area contributed by atoms with Crippen LogP contribution in [0, 0.1) is 12.8 Å². The molecular weight excluding hydrogens is 414 g/mol. The fourth-order valence-corrected chi connectivity index (χ4v) is 4.66. The maximum atomic E-state index is 13.0. The topological polar surface area (TPSA) is 87.1 Å². The van der Waals surface area contributed by atoms with Gasteiger partial charge < -0.3 is 15.1 Å².